The van der Waals surface area contributed by atoms with Crippen LogP contribution in [0, 0.1) is 5.41 Å². The normalized spacial score (nSPS) is 16.9. The molecular weight excluding hydrogens is 454 g/mol. The van der Waals surface area contributed by atoms with Crippen LogP contribution in [0.4, 0.5) is 23.1 Å². The van der Waals surface area contributed by atoms with Gasteiger partial charge in [-0.25, -0.2) is 4.98 Å². The molecule has 36 heavy (non-hydrogen) atoms. The number of nitrogens with one attached hydrogen (secondary N) is 1. The molecule has 1 aromatic heterocycles. The highest BCUT2D eigenvalue weighted by Gasteiger charge is 2.35. The van der Waals surface area contributed by atoms with E-state index in [0.29, 0.717) is 23.8 Å². The number of ether oxygens (including phenoxy) is 2. The van der Waals surface area contributed by atoms with Gasteiger partial charge in [0.25, 0.3) is 0 Å². The molecule has 2 aliphatic rings. The number of rotatable bonds is 6. The lowest BCUT2D eigenvalue weighted by atomic mass is 9.75. The summed E-state index contributed by atoms with van der Waals surface area (Å²) in [4.78, 5) is 27.6. The SMILES string of the molecule is COc1ccc(Nc2nc(N3CCN(c4ccc(OC)cc4)CC3)nc3c2C(=O)CC(C)(C)C3)cc1. The Kier molecular flexibility index (Phi) is 6.43. The number of ketones is 1. The lowest BCUT2D eigenvalue weighted by Crippen LogP contribution is -2.47. The first-order valence-corrected chi connectivity index (χ1v) is 12.3. The molecule has 0 radical (unpaired) electrons. The van der Waals surface area contributed by atoms with Crippen LogP contribution in [0.3, 0.4) is 0 Å². The third-order valence-corrected chi connectivity index (χ3v) is 6.89. The fraction of sp³-hybridized carbons (Fsp3) is 0.393. The van der Waals surface area contributed by atoms with E-state index in [1.54, 1.807) is 14.2 Å². The zero-order valence-electron chi connectivity index (χ0n) is 21.4. The topological polar surface area (TPSA) is 79.8 Å². The Morgan fingerprint density at radius 1 is 0.806 bits per heavy atom. The molecule has 0 unspecified atom stereocenters. The predicted octanol–water partition coefficient (Wildman–Crippen LogP) is 4.72. The van der Waals surface area contributed by atoms with Gasteiger partial charge in [0, 0.05) is 44.0 Å². The van der Waals surface area contributed by atoms with Crippen molar-refractivity contribution in [2.24, 2.45) is 5.41 Å². The molecule has 0 saturated carbocycles. The first-order chi connectivity index (χ1) is 17.3. The van der Waals surface area contributed by atoms with Crippen molar-refractivity contribution < 1.29 is 14.3 Å². The highest BCUT2D eigenvalue weighted by Crippen LogP contribution is 2.38. The molecule has 1 aliphatic carbocycles. The maximum absolute atomic E-state index is 13.2. The number of anilines is 4. The number of Topliss-reactive ketones (excluding diaryl/α,β-unsaturated/α-hetero) is 1. The van der Waals surface area contributed by atoms with Crippen molar-refractivity contribution in [1.82, 2.24) is 9.97 Å². The molecule has 5 rings (SSSR count). The lowest BCUT2D eigenvalue weighted by Gasteiger charge is -2.37. The van der Waals surface area contributed by atoms with Gasteiger partial charge in [-0.3, -0.25) is 4.79 Å². The van der Waals surface area contributed by atoms with E-state index in [0.717, 1.165) is 55.5 Å². The summed E-state index contributed by atoms with van der Waals surface area (Å²) in [5.74, 6) is 2.98. The summed E-state index contributed by atoms with van der Waals surface area (Å²) in [7, 11) is 3.32. The van der Waals surface area contributed by atoms with Gasteiger partial charge in [0.1, 0.15) is 17.3 Å². The maximum atomic E-state index is 13.2. The minimum Gasteiger partial charge on any atom is -0.497 e. The number of hydrogen-bond acceptors (Lipinski definition) is 8. The van der Waals surface area contributed by atoms with Gasteiger partial charge in [0.05, 0.1) is 25.5 Å². The second-order valence-electron chi connectivity index (χ2n) is 10.2. The number of piperazine rings is 1. The molecule has 0 atom stereocenters. The number of hydrogen-bond donors (Lipinski definition) is 1. The Labute approximate surface area is 212 Å². The van der Waals surface area contributed by atoms with Crippen molar-refractivity contribution in [3.05, 3.63) is 59.8 Å². The van der Waals surface area contributed by atoms with Crippen LogP contribution in [0.1, 0.15) is 36.3 Å². The fourth-order valence-corrected chi connectivity index (χ4v) is 4.95. The molecule has 3 aromatic rings. The third-order valence-electron chi connectivity index (χ3n) is 6.89. The Hall–Kier alpha value is -3.81. The van der Waals surface area contributed by atoms with Crippen LogP contribution in [0.2, 0.25) is 0 Å². The van der Waals surface area contributed by atoms with Gasteiger partial charge < -0.3 is 24.6 Å². The van der Waals surface area contributed by atoms with E-state index in [-0.39, 0.29) is 11.2 Å². The first kappa shape index (κ1) is 23.9. The largest absolute Gasteiger partial charge is 0.497 e. The van der Waals surface area contributed by atoms with Crippen LogP contribution in [-0.2, 0) is 6.42 Å². The Morgan fingerprint density at radius 3 is 2.00 bits per heavy atom. The molecule has 1 fully saturated rings. The van der Waals surface area contributed by atoms with E-state index in [4.69, 9.17) is 19.4 Å². The summed E-state index contributed by atoms with van der Waals surface area (Å²) in [5, 5.41) is 3.39. The molecule has 1 N–H and O–H groups in total. The highest BCUT2D eigenvalue weighted by molar-refractivity contribution is 6.03. The van der Waals surface area contributed by atoms with E-state index in [1.807, 2.05) is 36.4 Å². The molecule has 0 bridgehead atoms. The quantitative estimate of drug-likeness (QED) is 0.535. The van der Waals surface area contributed by atoms with Crippen molar-refractivity contribution in [3.63, 3.8) is 0 Å². The number of benzene rings is 2. The fourth-order valence-electron chi connectivity index (χ4n) is 4.95. The molecule has 0 spiro atoms. The van der Waals surface area contributed by atoms with E-state index in [1.165, 1.54) is 5.69 Å². The minimum atomic E-state index is -0.125. The van der Waals surface area contributed by atoms with Gasteiger partial charge in [-0.1, -0.05) is 13.8 Å². The van der Waals surface area contributed by atoms with Gasteiger partial charge >= 0.3 is 0 Å². The number of nitrogens with zero attached hydrogens (tertiary/aromatic N) is 4. The molecule has 2 aromatic carbocycles. The third kappa shape index (κ3) is 4.94. The van der Waals surface area contributed by atoms with E-state index < -0.39 is 0 Å². The summed E-state index contributed by atoms with van der Waals surface area (Å²) in [6, 6.07) is 15.8. The molecule has 1 aliphatic heterocycles. The van der Waals surface area contributed by atoms with Crippen LogP contribution in [0.5, 0.6) is 11.5 Å². The Morgan fingerprint density at radius 2 is 1.39 bits per heavy atom. The number of fused-ring (bicyclic) bond motifs is 1. The van der Waals surface area contributed by atoms with Crippen LogP contribution < -0.4 is 24.6 Å². The average Bonchev–Trinajstić information content (AvgIpc) is 2.88. The highest BCUT2D eigenvalue weighted by atomic mass is 16.5. The summed E-state index contributed by atoms with van der Waals surface area (Å²) >= 11 is 0. The first-order valence-electron chi connectivity index (χ1n) is 12.3. The molecule has 188 valence electrons. The number of aromatic nitrogens is 2. The number of carbonyl (C=O) groups excluding carboxylic acids is 1. The Balaban J connectivity index is 1.41. The van der Waals surface area contributed by atoms with E-state index in [9.17, 15) is 4.79 Å². The zero-order chi connectivity index (χ0) is 25.3. The second-order valence-corrected chi connectivity index (χ2v) is 10.2. The zero-order valence-corrected chi connectivity index (χ0v) is 21.4. The monoisotopic (exact) mass is 487 g/mol. The molecular formula is C28H33N5O3. The average molecular weight is 488 g/mol. The van der Waals surface area contributed by atoms with Crippen LogP contribution in [0.25, 0.3) is 0 Å². The second kappa shape index (κ2) is 9.68. The van der Waals surface area contributed by atoms with Crippen LogP contribution >= 0.6 is 0 Å². The number of carbonyl (C=O) groups is 1. The van der Waals surface area contributed by atoms with E-state index >= 15 is 0 Å². The summed E-state index contributed by atoms with van der Waals surface area (Å²) in [6.07, 6.45) is 1.23. The summed E-state index contributed by atoms with van der Waals surface area (Å²) in [5.41, 5.74) is 3.35. The van der Waals surface area contributed by atoms with Crippen molar-refractivity contribution in [2.75, 3.05) is 55.5 Å². The molecule has 0 amide bonds. The van der Waals surface area contributed by atoms with Crippen molar-refractivity contribution >= 4 is 28.9 Å². The molecule has 8 nitrogen and oxygen atoms in total. The van der Waals surface area contributed by atoms with Gasteiger partial charge in [-0.05, 0) is 60.4 Å². The predicted molar refractivity (Wildman–Crippen MR) is 142 cm³/mol. The van der Waals surface area contributed by atoms with Crippen molar-refractivity contribution in [2.45, 2.75) is 26.7 Å². The smallest absolute Gasteiger partial charge is 0.227 e. The van der Waals surface area contributed by atoms with Crippen molar-refractivity contribution in [1.29, 1.82) is 0 Å². The Bertz CT molecular complexity index is 1230. The van der Waals surface area contributed by atoms with Gasteiger partial charge in [-0.15, -0.1) is 0 Å². The van der Waals surface area contributed by atoms with Crippen molar-refractivity contribution in [3.8, 4) is 11.5 Å². The molecule has 1 saturated heterocycles. The molecule has 2 heterocycles. The van der Waals surface area contributed by atoms with Gasteiger partial charge in [0.2, 0.25) is 5.95 Å². The van der Waals surface area contributed by atoms with Crippen LogP contribution in [0.15, 0.2) is 48.5 Å². The lowest BCUT2D eigenvalue weighted by molar-refractivity contribution is 0.0911. The van der Waals surface area contributed by atoms with E-state index in [2.05, 4.69) is 41.1 Å². The molecule has 8 heteroatoms. The van der Waals surface area contributed by atoms with Gasteiger partial charge in [-0.2, -0.15) is 4.98 Å². The van der Waals surface area contributed by atoms with Gasteiger partial charge in [0.15, 0.2) is 5.78 Å². The standard InChI is InChI=1S/C28H33N5O3/c1-28(2)17-23-25(24(34)18-28)26(29-19-5-9-21(35-3)10-6-19)31-27(30-23)33-15-13-32(14-16-33)20-7-11-22(36-4)12-8-20/h5-12H,13-18H2,1-4H3,(H,29,30,31). The summed E-state index contributed by atoms with van der Waals surface area (Å²) in [6.45, 7) is 7.56. The summed E-state index contributed by atoms with van der Waals surface area (Å²) < 4.78 is 10.6. The van der Waals surface area contributed by atoms with Crippen LogP contribution in [-0.4, -0.2) is 56.1 Å². The maximum Gasteiger partial charge on any atom is 0.227 e. The number of methoxy groups -OCH3 is 2. The minimum absolute atomic E-state index is 0.0909.